The van der Waals surface area contributed by atoms with E-state index in [1.807, 2.05) is 0 Å². The Hall–Kier alpha value is -0.480. The summed E-state index contributed by atoms with van der Waals surface area (Å²) >= 11 is 11.7. The van der Waals surface area contributed by atoms with Crippen LogP contribution in [0.15, 0.2) is 18.2 Å². The quantitative estimate of drug-likeness (QED) is 0.547. The molecule has 0 aromatic heterocycles. The molecular weight excluding hydrogens is 321 g/mol. The van der Waals surface area contributed by atoms with Crippen LogP contribution in [0.3, 0.4) is 0 Å². The van der Waals surface area contributed by atoms with Gasteiger partial charge in [0.15, 0.2) is 0 Å². The molecule has 0 aliphatic heterocycles. The molecule has 0 spiro atoms. The molecule has 0 atom stereocenters. The first-order chi connectivity index (χ1) is 9.08. The SMILES string of the molecule is CCN(CC)CCCOC(=O)c1ccc(Cl)cc1Cl.Cl. The number of esters is 1. The highest BCUT2D eigenvalue weighted by molar-refractivity contribution is 6.36. The van der Waals surface area contributed by atoms with Crippen LogP contribution in [-0.2, 0) is 4.74 Å². The number of halogens is 3. The van der Waals surface area contributed by atoms with Crippen molar-refractivity contribution in [2.24, 2.45) is 0 Å². The summed E-state index contributed by atoms with van der Waals surface area (Å²) in [6.45, 7) is 7.57. The minimum atomic E-state index is -0.402. The van der Waals surface area contributed by atoms with E-state index in [4.69, 9.17) is 27.9 Å². The van der Waals surface area contributed by atoms with Crippen LogP contribution in [0.5, 0.6) is 0 Å². The second-order valence-corrected chi connectivity index (χ2v) is 4.98. The molecule has 6 heteroatoms. The lowest BCUT2D eigenvalue weighted by Crippen LogP contribution is -2.25. The van der Waals surface area contributed by atoms with Crippen LogP contribution in [0.2, 0.25) is 10.0 Å². The first kappa shape index (κ1) is 19.5. The number of carbonyl (C=O) groups is 1. The molecule has 0 radical (unpaired) electrons. The van der Waals surface area contributed by atoms with Gasteiger partial charge < -0.3 is 9.64 Å². The smallest absolute Gasteiger partial charge is 0.339 e. The van der Waals surface area contributed by atoms with Crippen molar-refractivity contribution in [2.45, 2.75) is 20.3 Å². The number of benzene rings is 1. The molecule has 0 aliphatic carbocycles. The van der Waals surface area contributed by atoms with Crippen LogP contribution < -0.4 is 0 Å². The first-order valence-corrected chi connectivity index (χ1v) is 7.18. The number of hydrogen-bond donors (Lipinski definition) is 0. The summed E-state index contributed by atoms with van der Waals surface area (Å²) in [5, 5.41) is 0.823. The Morgan fingerprint density at radius 3 is 2.45 bits per heavy atom. The standard InChI is InChI=1S/C14H19Cl2NO2.ClH/c1-3-17(4-2)8-5-9-19-14(18)12-7-6-11(15)10-13(12)16;/h6-7,10H,3-5,8-9H2,1-2H3;1H. The fraction of sp³-hybridized carbons (Fsp3) is 0.500. The molecule has 20 heavy (non-hydrogen) atoms. The largest absolute Gasteiger partial charge is 0.462 e. The van der Waals surface area contributed by atoms with E-state index in [2.05, 4.69) is 18.7 Å². The monoisotopic (exact) mass is 339 g/mol. The lowest BCUT2D eigenvalue weighted by atomic mass is 10.2. The van der Waals surface area contributed by atoms with Gasteiger partial charge in [0.25, 0.3) is 0 Å². The van der Waals surface area contributed by atoms with Crippen LogP contribution in [0.1, 0.15) is 30.6 Å². The summed E-state index contributed by atoms with van der Waals surface area (Å²) < 4.78 is 5.20. The number of rotatable bonds is 7. The minimum absolute atomic E-state index is 0. The Morgan fingerprint density at radius 1 is 1.25 bits per heavy atom. The highest BCUT2D eigenvalue weighted by atomic mass is 35.5. The average Bonchev–Trinajstić information content (AvgIpc) is 2.38. The highest BCUT2D eigenvalue weighted by Crippen LogP contribution is 2.21. The summed E-state index contributed by atoms with van der Waals surface area (Å²) in [7, 11) is 0. The van der Waals surface area contributed by atoms with E-state index in [-0.39, 0.29) is 12.4 Å². The van der Waals surface area contributed by atoms with Crippen LogP contribution in [-0.4, -0.2) is 37.1 Å². The topological polar surface area (TPSA) is 29.5 Å². The van der Waals surface area contributed by atoms with E-state index >= 15 is 0 Å². The molecule has 1 aromatic rings. The van der Waals surface area contributed by atoms with E-state index in [1.165, 1.54) is 6.07 Å². The summed E-state index contributed by atoms with van der Waals surface area (Å²) in [5.74, 6) is -0.402. The Bertz CT molecular complexity index is 423. The van der Waals surface area contributed by atoms with E-state index in [1.54, 1.807) is 12.1 Å². The van der Waals surface area contributed by atoms with Gasteiger partial charge in [-0.3, -0.25) is 0 Å². The molecule has 0 saturated carbocycles. The second-order valence-electron chi connectivity index (χ2n) is 4.14. The molecule has 0 saturated heterocycles. The fourth-order valence-electron chi connectivity index (χ4n) is 1.73. The summed E-state index contributed by atoms with van der Waals surface area (Å²) in [6, 6.07) is 4.74. The third-order valence-electron chi connectivity index (χ3n) is 2.90. The van der Waals surface area contributed by atoms with Crippen molar-refractivity contribution in [3.63, 3.8) is 0 Å². The highest BCUT2D eigenvalue weighted by Gasteiger charge is 2.12. The van der Waals surface area contributed by atoms with Crippen molar-refractivity contribution in [1.29, 1.82) is 0 Å². The Kier molecular flexibility index (Phi) is 10.0. The molecule has 0 amide bonds. The first-order valence-electron chi connectivity index (χ1n) is 6.43. The van der Waals surface area contributed by atoms with Crippen molar-refractivity contribution in [3.8, 4) is 0 Å². The summed E-state index contributed by atoms with van der Waals surface area (Å²) in [6.07, 6.45) is 0.818. The van der Waals surface area contributed by atoms with Gasteiger partial charge in [-0.05, 0) is 37.7 Å². The molecule has 0 heterocycles. The van der Waals surface area contributed by atoms with Gasteiger partial charge in [-0.25, -0.2) is 4.79 Å². The molecule has 3 nitrogen and oxygen atoms in total. The third-order valence-corrected chi connectivity index (χ3v) is 3.45. The van der Waals surface area contributed by atoms with Crippen molar-refractivity contribution in [3.05, 3.63) is 33.8 Å². The van der Waals surface area contributed by atoms with Gasteiger partial charge in [-0.1, -0.05) is 37.0 Å². The van der Waals surface area contributed by atoms with E-state index in [0.29, 0.717) is 22.2 Å². The van der Waals surface area contributed by atoms with Crippen molar-refractivity contribution in [1.82, 2.24) is 4.90 Å². The zero-order chi connectivity index (χ0) is 14.3. The lowest BCUT2D eigenvalue weighted by Gasteiger charge is -2.17. The number of ether oxygens (including phenoxy) is 1. The number of nitrogens with zero attached hydrogens (tertiary/aromatic N) is 1. The van der Waals surface area contributed by atoms with Crippen LogP contribution in [0.4, 0.5) is 0 Å². The van der Waals surface area contributed by atoms with Gasteiger partial charge in [-0.15, -0.1) is 12.4 Å². The number of carbonyl (C=O) groups excluding carboxylic acids is 1. The predicted molar refractivity (Wildman–Crippen MR) is 86.4 cm³/mol. The molecule has 0 aliphatic rings. The summed E-state index contributed by atoms with van der Waals surface area (Å²) in [5.41, 5.74) is 0.355. The summed E-state index contributed by atoms with van der Waals surface area (Å²) in [4.78, 5) is 14.1. The van der Waals surface area contributed by atoms with Crippen LogP contribution in [0, 0.1) is 0 Å². The Balaban J connectivity index is 0.00000361. The average molecular weight is 341 g/mol. The zero-order valence-electron chi connectivity index (χ0n) is 11.7. The van der Waals surface area contributed by atoms with Gasteiger partial charge in [0.2, 0.25) is 0 Å². The molecule has 1 aromatic carbocycles. The molecular formula is C14H20Cl3NO2. The van der Waals surface area contributed by atoms with Gasteiger partial charge in [-0.2, -0.15) is 0 Å². The third kappa shape index (κ3) is 6.31. The van der Waals surface area contributed by atoms with Crippen LogP contribution in [0.25, 0.3) is 0 Å². The molecule has 0 bridgehead atoms. The molecule has 114 valence electrons. The van der Waals surface area contributed by atoms with E-state index in [0.717, 1.165) is 26.1 Å². The van der Waals surface area contributed by atoms with Gasteiger partial charge >= 0.3 is 5.97 Å². The van der Waals surface area contributed by atoms with Crippen LogP contribution >= 0.6 is 35.6 Å². The minimum Gasteiger partial charge on any atom is -0.462 e. The zero-order valence-corrected chi connectivity index (χ0v) is 14.0. The molecule has 0 fully saturated rings. The van der Waals surface area contributed by atoms with Crippen molar-refractivity contribution in [2.75, 3.05) is 26.2 Å². The van der Waals surface area contributed by atoms with Crippen molar-refractivity contribution < 1.29 is 9.53 Å². The maximum atomic E-state index is 11.8. The van der Waals surface area contributed by atoms with Gasteiger partial charge in [0.05, 0.1) is 17.2 Å². The predicted octanol–water partition coefficient (Wildman–Crippen LogP) is 4.30. The molecule has 0 unspecified atom stereocenters. The molecule has 1 rings (SSSR count). The Morgan fingerprint density at radius 2 is 1.90 bits per heavy atom. The maximum Gasteiger partial charge on any atom is 0.339 e. The fourth-order valence-corrected chi connectivity index (χ4v) is 2.21. The lowest BCUT2D eigenvalue weighted by molar-refractivity contribution is 0.0489. The van der Waals surface area contributed by atoms with E-state index in [9.17, 15) is 4.79 Å². The van der Waals surface area contributed by atoms with E-state index < -0.39 is 5.97 Å². The molecule has 0 N–H and O–H groups in total. The maximum absolute atomic E-state index is 11.8. The van der Waals surface area contributed by atoms with Crippen molar-refractivity contribution >= 4 is 41.6 Å². The van der Waals surface area contributed by atoms with Gasteiger partial charge in [0.1, 0.15) is 0 Å². The Labute approximate surface area is 136 Å². The second kappa shape index (κ2) is 10.3. The normalized spacial score (nSPS) is 10.2. The number of hydrogen-bond acceptors (Lipinski definition) is 3. The van der Waals surface area contributed by atoms with Gasteiger partial charge in [0, 0.05) is 11.6 Å².